The quantitative estimate of drug-likeness (QED) is 0.575. The molecule has 1 heterocycles. The minimum Gasteiger partial charge on any atom is -0.480 e. The molecule has 0 aromatic rings. The molecule has 1 fully saturated rings. The zero-order valence-corrected chi connectivity index (χ0v) is 9.02. The molecular weight excluding hydrogens is 214 g/mol. The highest BCUT2D eigenvalue weighted by atomic mass is 16.4. The number of carboxylic acid groups (broad SMARTS) is 1. The molecule has 0 bridgehead atoms. The highest BCUT2D eigenvalue weighted by Crippen LogP contribution is 2.04. The number of amides is 3. The van der Waals surface area contributed by atoms with Gasteiger partial charge in [0.25, 0.3) is 0 Å². The number of likely N-dealkylation sites (N-methyl/N-ethyl adjacent to an activating group) is 1. The number of carboxylic acids is 1. The summed E-state index contributed by atoms with van der Waals surface area (Å²) < 4.78 is 0. The standard InChI is InChI=1S/C9H15N3O4/c1-12(5-8(14)15)9(16)10-4-6-2-3-7(13)11-6/h6H,2-5H2,1H3,(H,10,16)(H,11,13)(H,14,15). The van der Waals surface area contributed by atoms with Gasteiger partial charge in [-0.2, -0.15) is 0 Å². The zero-order chi connectivity index (χ0) is 12.1. The monoisotopic (exact) mass is 229 g/mol. The van der Waals surface area contributed by atoms with Crippen molar-refractivity contribution in [3.8, 4) is 0 Å². The second-order valence-electron chi connectivity index (χ2n) is 3.74. The van der Waals surface area contributed by atoms with Gasteiger partial charge in [0.1, 0.15) is 6.54 Å². The summed E-state index contributed by atoms with van der Waals surface area (Å²) in [6.45, 7) is -0.0165. The van der Waals surface area contributed by atoms with Crippen molar-refractivity contribution >= 4 is 17.9 Å². The number of hydrogen-bond donors (Lipinski definition) is 3. The molecule has 3 N–H and O–H groups in total. The molecule has 0 aliphatic carbocycles. The Morgan fingerprint density at radius 3 is 2.81 bits per heavy atom. The van der Waals surface area contributed by atoms with Gasteiger partial charge in [-0.1, -0.05) is 0 Å². The third kappa shape index (κ3) is 3.76. The molecule has 3 amide bonds. The van der Waals surface area contributed by atoms with Gasteiger partial charge in [-0.05, 0) is 6.42 Å². The Morgan fingerprint density at radius 1 is 1.62 bits per heavy atom. The van der Waals surface area contributed by atoms with E-state index in [0.717, 1.165) is 4.90 Å². The molecule has 0 saturated carbocycles. The van der Waals surface area contributed by atoms with Crippen LogP contribution in [0.15, 0.2) is 0 Å². The Bertz CT molecular complexity index is 305. The van der Waals surface area contributed by atoms with E-state index in [9.17, 15) is 14.4 Å². The number of nitrogens with zero attached hydrogens (tertiary/aromatic N) is 1. The highest BCUT2D eigenvalue weighted by Gasteiger charge is 2.21. The second kappa shape index (κ2) is 5.34. The van der Waals surface area contributed by atoms with E-state index < -0.39 is 12.0 Å². The molecule has 1 saturated heterocycles. The fourth-order valence-corrected chi connectivity index (χ4v) is 1.45. The molecular formula is C9H15N3O4. The first kappa shape index (κ1) is 12.3. The van der Waals surface area contributed by atoms with Crippen molar-refractivity contribution in [2.45, 2.75) is 18.9 Å². The largest absolute Gasteiger partial charge is 0.480 e. The van der Waals surface area contributed by atoms with E-state index in [0.29, 0.717) is 19.4 Å². The summed E-state index contributed by atoms with van der Waals surface area (Å²) in [5, 5.41) is 13.7. The lowest BCUT2D eigenvalue weighted by Gasteiger charge is -2.17. The van der Waals surface area contributed by atoms with Gasteiger partial charge in [-0.3, -0.25) is 9.59 Å². The van der Waals surface area contributed by atoms with Crippen molar-refractivity contribution in [3.63, 3.8) is 0 Å². The first-order valence-corrected chi connectivity index (χ1v) is 4.99. The number of hydrogen-bond acceptors (Lipinski definition) is 3. The van der Waals surface area contributed by atoms with Gasteiger partial charge in [-0.15, -0.1) is 0 Å². The molecule has 1 rings (SSSR count). The van der Waals surface area contributed by atoms with E-state index >= 15 is 0 Å². The third-order valence-electron chi connectivity index (χ3n) is 2.30. The number of urea groups is 1. The lowest BCUT2D eigenvalue weighted by molar-refractivity contribution is -0.137. The molecule has 1 unspecified atom stereocenters. The molecule has 0 radical (unpaired) electrons. The maximum Gasteiger partial charge on any atom is 0.323 e. The fourth-order valence-electron chi connectivity index (χ4n) is 1.45. The zero-order valence-electron chi connectivity index (χ0n) is 9.02. The van der Waals surface area contributed by atoms with E-state index in [1.165, 1.54) is 7.05 Å². The summed E-state index contributed by atoms with van der Waals surface area (Å²) in [5.41, 5.74) is 0. The van der Waals surface area contributed by atoms with Gasteiger partial charge in [0, 0.05) is 26.1 Å². The molecule has 0 spiro atoms. The first-order chi connectivity index (χ1) is 7.49. The molecule has 90 valence electrons. The summed E-state index contributed by atoms with van der Waals surface area (Å²) in [4.78, 5) is 33.6. The van der Waals surface area contributed by atoms with Gasteiger partial charge >= 0.3 is 12.0 Å². The van der Waals surface area contributed by atoms with Crippen LogP contribution in [-0.2, 0) is 9.59 Å². The minimum absolute atomic E-state index is 0.0156. The lowest BCUT2D eigenvalue weighted by atomic mass is 10.2. The average Bonchev–Trinajstić information content (AvgIpc) is 2.59. The molecule has 1 aliphatic heterocycles. The average molecular weight is 229 g/mol. The molecule has 7 heteroatoms. The van der Waals surface area contributed by atoms with E-state index in [1.54, 1.807) is 0 Å². The Morgan fingerprint density at radius 2 is 2.31 bits per heavy atom. The van der Waals surface area contributed by atoms with Crippen molar-refractivity contribution in [2.24, 2.45) is 0 Å². The Kier molecular flexibility index (Phi) is 4.10. The summed E-state index contributed by atoms with van der Waals surface area (Å²) in [6, 6.07) is -0.502. The van der Waals surface area contributed by atoms with E-state index in [4.69, 9.17) is 5.11 Å². The van der Waals surface area contributed by atoms with Crippen LogP contribution >= 0.6 is 0 Å². The number of aliphatic carboxylic acids is 1. The molecule has 0 aromatic carbocycles. The Labute approximate surface area is 92.8 Å². The van der Waals surface area contributed by atoms with Gasteiger partial charge < -0.3 is 20.6 Å². The van der Waals surface area contributed by atoms with Crippen molar-refractivity contribution < 1.29 is 19.5 Å². The van der Waals surface area contributed by atoms with Crippen LogP contribution in [0.25, 0.3) is 0 Å². The Hall–Kier alpha value is -1.79. The van der Waals surface area contributed by atoms with Crippen LogP contribution in [0.5, 0.6) is 0 Å². The van der Waals surface area contributed by atoms with E-state index in [2.05, 4.69) is 10.6 Å². The SMILES string of the molecule is CN(CC(=O)O)C(=O)NCC1CCC(=O)N1. The van der Waals surface area contributed by atoms with Crippen LogP contribution in [0.4, 0.5) is 4.79 Å². The van der Waals surface area contributed by atoms with Crippen LogP contribution in [0.1, 0.15) is 12.8 Å². The molecule has 1 atom stereocenters. The van der Waals surface area contributed by atoms with E-state index in [1.807, 2.05) is 0 Å². The smallest absolute Gasteiger partial charge is 0.323 e. The summed E-state index contributed by atoms with van der Waals surface area (Å²) >= 11 is 0. The summed E-state index contributed by atoms with van der Waals surface area (Å²) in [6.07, 6.45) is 1.17. The molecule has 7 nitrogen and oxygen atoms in total. The molecule has 16 heavy (non-hydrogen) atoms. The number of carbonyl (C=O) groups excluding carboxylic acids is 2. The maximum atomic E-state index is 11.4. The maximum absolute atomic E-state index is 11.4. The van der Waals surface area contributed by atoms with E-state index in [-0.39, 0.29) is 18.5 Å². The Balaban J connectivity index is 2.24. The molecule has 1 aliphatic rings. The van der Waals surface area contributed by atoms with Crippen molar-refractivity contribution in [3.05, 3.63) is 0 Å². The van der Waals surface area contributed by atoms with Gasteiger partial charge in [0.15, 0.2) is 0 Å². The van der Waals surface area contributed by atoms with Crippen LogP contribution in [0.3, 0.4) is 0 Å². The van der Waals surface area contributed by atoms with Crippen LogP contribution in [-0.4, -0.2) is 54.1 Å². The third-order valence-corrected chi connectivity index (χ3v) is 2.30. The number of carbonyl (C=O) groups is 3. The predicted octanol–water partition coefficient (Wildman–Crippen LogP) is -1.01. The summed E-state index contributed by atoms with van der Waals surface area (Å²) in [7, 11) is 1.40. The normalized spacial score (nSPS) is 19.1. The topological polar surface area (TPSA) is 98.7 Å². The lowest BCUT2D eigenvalue weighted by Crippen LogP contribution is -2.45. The predicted molar refractivity (Wildman–Crippen MR) is 54.8 cm³/mol. The highest BCUT2D eigenvalue weighted by molar-refractivity contribution is 5.80. The van der Waals surface area contributed by atoms with Gasteiger partial charge in [0.05, 0.1) is 0 Å². The number of rotatable bonds is 4. The van der Waals surface area contributed by atoms with Crippen LogP contribution in [0, 0.1) is 0 Å². The van der Waals surface area contributed by atoms with Gasteiger partial charge in [0.2, 0.25) is 5.91 Å². The van der Waals surface area contributed by atoms with Crippen LogP contribution < -0.4 is 10.6 Å². The van der Waals surface area contributed by atoms with Crippen molar-refractivity contribution in [1.82, 2.24) is 15.5 Å². The first-order valence-electron chi connectivity index (χ1n) is 4.99. The fraction of sp³-hybridized carbons (Fsp3) is 0.667. The van der Waals surface area contributed by atoms with Gasteiger partial charge in [-0.25, -0.2) is 4.79 Å². The van der Waals surface area contributed by atoms with Crippen molar-refractivity contribution in [1.29, 1.82) is 0 Å². The van der Waals surface area contributed by atoms with Crippen molar-refractivity contribution in [2.75, 3.05) is 20.1 Å². The minimum atomic E-state index is -1.06. The summed E-state index contributed by atoms with van der Waals surface area (Å²) in [5.74, 6) is -1.08. The number of nitrogens with one attached hydrogen (secondary N) is 2. The van der Waals surface area contributed by atoms with Crippen LogP contribution in [0.2, 0.25) is 0 Å². The second-order valence-corrected chi connectivity index (χ2v) is 3.74. The molecule has 0 aromatic heterocycles.